The lowest BCUT2D eigenvalue weighted by Crippen LogP contribution is -2.29. The minimum atomic E-state index is -3.70. The van der Waals surface area contributed by atoms with Crippen LogP contribution >= 0.6 is 23.2 Å². The first kappa shape index (κ1) is 18.8. The third kappa shape index (κ3) is 3.74. The zero-order chi connectivity index (χ0) is 19.0. The van der Waals surface area contributed by atoms with Crippen molar-refractivity contribution in [3.8, 4) is 0 Å². The molecule has 7 heteroatoms. The van der Waals surface area contributed by atoms with Crippen molar-refractivity contribution in [3.63, 3.8) is 0 Å². The van der Waals surface area contributed by atoms with Crippen molar-refractivity contribution in [2.45, 2.75) is 29.2 Å². The van der Waals surface area contributed by atoms with E-state index in [0.717, 1.165) is 38.0 Å². The third-order valence-electron chi connectivity index (χ3n) is 5.12. The van der Waals surface area contributed by atoms with Crippen molar-refractivity contribution in [1.82, 2.24) is 9.88 Å². The van der Waals surface area contributed by atoms with Crippen molar-refractivity contribution in [1.29, 1.82) is 0 Å². The van der Waals surface area contributed by atoms with Gasteiger partial charge in [-0.25, -0.2) is 8.42 Å². The van der Waals surface area contributed by atoms with Gasteiger partial charge in [-0.15, -0.1) is 0 Å². The number of rotatable bonds is 4. The topological polar surface area (TPSA) is 51.1 Å². The van der Waals surface area contributed by atoms with Gasteiger partial charge in [0.2, 0.25) is 9.84 Å². The zero-order valence-electron chi connectivity index (χ0n) is 14.7. The summed E-state index contributed by atoms with van der Waals surface area (Å²) in [5, 5.41) is 4.93. The van der Waals surface area contributed by atoms with Gasteiger partial charge in [0.1, 0.15) is 0 Å². The Labute approximate surface area is 169 Å². The van der Waals surface area contributed by atoms with Crippen molar-refractivity contribution in [2.24, 2.45) is 5.92 Å². The first-order valence-corrected chi connectivity index (χ1v) is 11.2. The number of aromatic nitrogens is 1. The second-order valence-electron chi connectivity index (χ2n) is 6.96. The van der Waals surface area contributed by atoms with Gasteiger partial charge in [0.15, 0.2) is 0 Å². The fourth-order valence-electron chi connectivity index (χ4n) is 3.71. The number of fused-ring (bicyclic) bond motifs is 1. The number of sulfone groups is 1. The van der Waals surface area contributed by atoms with Crippen LogP contribution in [0.3, 0.4) is 0 Å². The van der Waals surface area contributed by atoms with E-state index in [9.17, 15) is 8.42 Å². The van der Waals surface area contributed by atoms with Crippen molar-refractivity contribution < 1.29 is 8.42 Å². The first-order chi connectivity index (χ1) is 12.9. The van der Waals surface area contributed by atoms with E-state index in [0.29, 0.717) is 21.3 Å². The maximum atomic E-state index is 13.3. The Kier molecular flexibility index (Phi) is 5.21. The van der Waals surface area contributed by atoms with Crippen LogP contribution < -0.4 is 5.32 Å². The van der Waals surface area contributed by atoms with Crippen LogP contribution in [0.4, 0.5) is 0 Å². The largest absolute Gasteiger partial charge is 0.346 e. The van der Waals surface area contributed by atoms with E-state index in [1.165, 1.54) is 6.07 Å². The Hall–Kier alpha value is -1.53. The predicted octanol–water partition coefficient (Wildman–Crippen LogP) is 4.78. The molecule has 0 atom stereocenters. The maximum absolute atomic E-state index is 13.3. The molecule has 3 aromatic rings. The molecule has 1 N–H and O–H groups in total. The van der Waals surface area contributed by atoms with Crippen LogP contribution in [-0.2, 0) is 16.4 Å². The minimum absolute atomic E-state index is 0.191. The second-order valence-corrected chi connectivity index (χ2v) is 9.75. The average Bonchev–Trinajstić information content (AvgIpc) is 3.01. The van der Waals surface area contributed by atoms with E-state index in [1.807, 2.05) is 6.07 Å². The van der Waals surface area contributed by atoms with E-state index in [-0.39, 0.29) is 9.79 Å². The fraction of sp³-hybridized carbons (Fsp3) is 0.300. The monoisotopic (exact) mass is 422 g/mol. The number of nitrogens with zero attached hydrogens (tertiary/aromatic N) is 1. The summed E-state index contributed by atoms with van der Waals surface area (Å²) in [6.45, 7) is 2.80. The molecule has 1 saturated heterocycles. The van der Waals surface area contributed by atoms with Gasteiger partial charge in [0, 0.05) is 33.7 Å². The number of benzene rings is 2. The number of nitrogens with one attached hydrogen (secondary N) is 1. The average molecular weight is 423 g/mol. The highest BCUT2D eigenvalue weighted by Gasteiger charge is 2.25. The molecule has 0 unspecified atom stereocenters. The highest BCUT2D eigenvalue weighted by molar-refractivity contribution is 7.91. The Morgan fingerprint density at radius 1 is 1.04 bits per heavy atom. The second kappa shape index (κ2) is 7.47. The molecule has 142 valence electrons. The van der Waals surface area contributed by atoms with Crippen molar-refractivity contribution in [3.05, 3.63) is 58.7 Å². The van der Waals surface area contributed by atoms with Crippen molar-refractivity contribution in [2.75, 3.05) is 13.1 Å². The summed E-state index contributed by atoms with van der Waals surface area (Å²) >= 11 is 12.2. The minimum Gasteiger partial charge on any atom is -0.346 e. The fourth-order valence-corrected chi connectivity index (χ4v) is 5.65. The van der Waals surface area contributed by atoms with Crippen LogP contribution in [0, 0.1) is 5.92 Å². The van der Waals surface area contributed by atoms with Gasteiger partial charge in [0.05, 0.1) is 9.79 Å². The quantitative estimate of drug-likeness (QED) is 0.657. The third-order valence-corrected chi connectivity index (χ3v) is 7.37. The molecule has 0 saturated carbocycles. The van der Waals surface area contributed by atoms with Gasteiger partial charge in [-0.2, -0.15) is 0 Å². The molecule has 0 spiro atoms. The number of halogens is 2. The number of piperidine rings is 1. The van der Waals surface area contributed by atoms with Gasteiger partial charge < -0.3 is 9.88 Å². The molecule has 0 aliphatic carbocycles. The molecule has 4 rings (SSSR count). The lowest BCUT2D eigenvalue weighted by Gasteiger charge is -2.23. The lowest BCUT2D eigenvalue weighted by atomic mass is 9.98. The number of hydrogen-bond acceptors (Lipinski definition) is 3. The molecule has 0 amide bonds. The molecule has 2 aromatic carbocycles. The highest BCUT2D eigenvalue weighted by atomic mass is 35.5. The molecule has 0 radical (unpaired) electrons. The molecule has 1 aliphatic heterocycles. The first-order valence-electron chi connectivity index (χ1n) is 8.95. The zero-order valence-corrected chi connectivity index (χ0v) is 17.0. The summed E-state index contributed by atoms with van der Waals surface area (Å²) in [5.74, 6) is 0.527. The van der Waals surface area contributed by atoms with Gasteiger partial charge in [0.25, 0.3) is 0 Å². The SMILES string of the molecule is O=S(=O)(c1cccc(Cl)c1)c1cn(CC2CCNCC2)c2ccc(Cl)cc12. The van der Waals surface area contributed by atoms with Crippen LogP contribution in [0.25, 0.3) is 10.9 Å². The van der Waals surface area contributed by atoms with E-state index < -0.39 is 9.84 Å². The maximum Gasteiger partial charge on any atom is 0.208 e. The summed E-state index contributed by atoms with van der Waals surface area (Å²) in [5.41, 5.74) is 0.888. The molecule has 2 heterocycles. The van der Waals surface area contributed by atoms with Crippen LogP contribution in [0.2, 0.25) is 10.0 Å². The summed E-state index contributed by atoms with van der Waals surface area (Å²) < 4.78 is 28.6. The summed E-state index contributed by atoms with van der Waals surface area (Å²) in [7, 11) is -3.70. The number of hydrogen-bond donors (Lipinski definition) is 1. The normalized spacial score (nSPS) is 16.1. The predicted molar refractivity (Wildman–Crippen MR) is 109 cm³/mol. The summed E-state index contributed by atoms with van der Waals surface area (Å²) in [6.07, 6.45) is 3.92. The standard InChI is InChI=1S/C20H20Cl2N2O2S/c21-15-2-1-3-17(10-15)27(25,26)20-13-24(12-14-6-8-23-9-7-14)19-5-4-16(22)11-18(19)20/h1-5,10-11,13-14,23H,6-9,12H2. The smallest absolute Gasteiger partial charge is 0.208 e. The molecule has 4 nitrogen and oxygen atoms in total. The van der Waals surface area contributed by atoms with Crippen LogP contribution in [0.5, 0.6) is 0 Å². The highest BCUT2D eigenvalue weighted by Crippen LogP contribution is 2.33. The summed E-state index contributed by atoms with van der Waals surface area (Å²) in [6, 6.07) is 11.8. The molecular formula is C20H20Cl2N2O2S. The van der Waals surface area contributed by atoms with E-state index in [4.69, 9.17) is 23.2 Å². The Morgan fingerprint density at radius 3 is 2.52 bits per heavy atom. The molecule has 1 aliphatic rings. The van der Waals surface area contributed by atoms with Gasteiger partial charge in [-0.05, 0) is 68.2 Å². The van der Waals surface area contributed by atoms with Crippen LogP contribution in [0.15, 0.2) is 58.5 Å². The Balaban J connectivity index is 1.83. The Bertz CT molecular complexity index is 1090. The van der Waals surface area contributed by atoms with Gasteiger partial charge >= 0.3 is 0 Å². The van der Waals surface area contributed by atoms with Gasteiger partial charge in [-0.3, -0.25) is 0 Å². The van der Waals surface area contributed by atoms with Crippen molar-refractivity contribution >= 4 is 43.9 Å². The lowest BCUT2D eigenvalue weighted by molar-refractivity contribution is 0.336. The van der Waals surface area contributed by atoms with Gasteiger partial charge in [-0.1, -0.05) is 29.3 Å². The molecule has 27 heavy (non-hydrogen) atoms. The van der Waals surface area contributed by atoms with E-state index in [2.05, 4.69) is 9.88 Å². The van der Waals surface area contributed by atoms with Crippen LogP contribution in [0.1, 0.15) is 12.8 Å². The van der Waals surface area contributed by atoms with E-state index >= 15 is 0 Å². The molecule has 1 aromatic heterocycles. The van der Waals surface area contributed by atoms with Crippen LogP contribution in [-0.4, -0.2) is 26.1 Å². The molecule has 0 bridgehead atoms. The molecular weight excluding hydrogens is 403 g/mol. The Morgan fingerprint density at radius 2 is 1.78 bits per heavy atom. The summed E-state index contributed by atoms with van der Waals surface area (Å²) in [4.78, 5) is 0.465. The van der Waals surface area contributed by atoms with E-state index in [1.54, 1.807) is 36.5 Å². The molecule has 1 fully saturated rings.